The second-order valence-electron chi connectivity index (χ2n) is 5.46. The number of ether oxygens (including phenoxy) is 1. The molecule has 2 aromatic rings. The minimum absolute atomic E-state index is 0.311. The van der Waals surface area contributed by atoms with Gasteiger partial charge in [-0.1, -0.05) is 6.42 Å². The van der Waals surface area contributed by atoms with Crippen LogP contribution in [-0.2, 0) is 0 Å². The van der Waals surface area contributed by atoms with Crippen LogP contribution in [0.3, 0.4) is 0 Å². The molecule has 0 bridgehead atoms. The highest BCUT2D eigenvalue weighted by Crippen LogP contribution is 2.19. The van der Waals surface area contributed by atoms with Gasteiger partial charge in [0, 0.05) is 18.7 Å². The minimum atomic E-state index is 0.311. The number of nitroso groups, excluding NO2 is 1. The topological polar surface area (TPSA) is 84.3 Å². The molecular weight excluding hydrogens is 282 g/mol. The zero-order chi connectivity index (χ0) is 15.4. The van der Waals surface area contributed by atoms with Crippen LogP contribution in [0.2, 0.25) is 0 Å². The maximum atomic E-state index is 11.1. The van der Waals surface area contributed by atoms with Gasteiger partial charge in [-0.2, -0.15) is 5.84 Å². The molecule has 0 amide bonds. The molecule has 2 N–H and O–H groups in total. The number of hydrogen-bond donors (Lipinski definition) is 1. The van der Waals surface area contributed by atoms with Crippen LogP contribution < -0.4 is 10.6 Å². The van der Waals surface area contributed by atoms with Gasteiger partial charge in [-0.15, -0.1) is 0 Å². The van der Waals surface area contributed by atoms with Gasteiger partial charge in [0.05, 0.1) is 22.1 Å². The lowest BCUT2D eigenvalue weighted by atomic mass is 10.1. The van der Waals surface area contributed by atoms with Crippen molar-refractivity contribution in [3.63, 3.8) is 0 Å². The van der Waals surface area contributed by atoms with Crippen LogP contribution in [-0.4, -0.2) is 46.0 Å². The Morgan fingerprint density at radius 1 is 1.23 bits per heavy atom. The zero-order valence-electron chi connectivity index (χ0n) is 12.4. The Bertz CT molecular complexity index is 670. The fourth-order valence-electron chi connectivity index (χ4n) is 2.65. The maximum absolute atomic E-state index is 11.1. The third kappa shape index (κ3) is 3.48. The molecular formula is C15H20N5O2+. The Balaban J connectivity index is 1.64. The van der Waals surface area contributed by atoms with E-state index in [1.54, 1.807) is 24.4 Å². The van der Waals surface area contributed by atoms with E-state index in [1.807, 2.05) is 0 Å². The molecule has 0 saturated carbocycles. The lowest BCUT2D eigenvalue weighted by molar-refractivity contribution is -0.474. The summed E-state index contributed by atoms with van der Waals surface area (Å²) in [6.45, 7) is 3.78. The molecule has 0 spiro atoms. The second kappa shape index (κ2) is 6.65. The Labute approximate surface area is 128 Å². The number of benzene rings is 1. The highest BCUT2D eigenvalue weighted by Gasteiger charge is 2.12. The number of nitrogens with zero attached hydrogens (tertiary/aromatic N) is 4. The van der Waals surface area contributed by atoms with Crippen LogP contribution in [0.5, 0.6) is 5.88 Å². The summed E-state index contributed by atoms with van der Waals surface area (Å²) in [7, 11) is 0. The van der Waals surface area contributed by atoms with Crippen molar-refractivity contribution < 1.29 is 9.61 Å². The SMILES string of the molecule is N[N+](=O)c1ccc2ncc(OCCN3CCCCC3)nc2c1. The van der Waals surface area contributed by atoms with Crippen LogP contribution in [0.15, 0.2) is 24.4 Å². The molecule has 3 rings (SSSR count). The third-order valence-corrected chi connectivity index (χ3v) is 3.86. The molecule has 1 aromatic heterocycles. The van der Waals surface area contributed by atoms with E-state index in [0.717, 1.165) is 19.6 Å². The highest BCUT2D eigenvalue weighted by atomic mass is 16.5. The van der Waals surface area contributed by atoms with Gasteiger partial charge in [-0.3, -0.25) is 4.90 Å². The number of rotatable bonds is 5. The first-order valence-electron chi connectivity index (χ1n) is 7.56. The van der Waals surface area contributed by atoms with Gasteiger partial charge in [0.25, 0.3) is 5.69 Å². The molecule has 1 aromatic carbocycles. The molecule has 1 aliphatic rings. The lowest BCUT2D eigenvalue weighted by Crippen LogP contribution is -2.33. The number of nitrogens with two attached hydrogens (primary N) is 1. The van der Waals surface area contributed by atoms with Crippen LogP contribution in [0.25, 0.3) is 11.0 Å². The predicted molar refractivity (Wildman–Crippen MR) is 82.8 cm³/mol. The van der Waals surface area contributed by atoms with E-state index in [0.29, 0.717) is 34.1 Å². The zero-order valence-corrected chi connectivity index (χ0v) is 12.4. The molecule has 7 heteroatoms. The average molecular weight is 302 g/mol. The van der Waals surface area contributed by atoms with E-state index < -0.39 is 0 Å². The number of aromatic nitrogens is 2. The Hall–Kier alpha value is -2.28. The summed E-state index contributed by atoms with van der Waals surface area (Å²) >= 11 is 0. The van der Waals surface area contributed by atoms with Gasteiger partial charge < -0.3 is 4.74 Å². The smallest absolute Gasteiger partial charge is 0.293 e. The standard InChI is InChI=1S/C15H20N5O2/c16-20(21)12-4-5-13-14(10-12)18-15(11-17-13)22-9-8-19-6-2-1-3-7-19/h4-5,10-11H,1-3,6-9H2,(H2,16,21)/q+1. The molecule has 0 aliphatic carbocycles. The molecule has 7 nitrogen and oxygen atoms in total. The van der Waals surface area contributed by atoms with E-state index in [9.17, 15) is 4.91 Å². The Morgan fingerprint density at radius 2 is 2.05 bits per heavy atom. The van der Waals surface area contributed by atoms with Crippen molar-refractivity contribution in [2.75, 3.05) is 26.2 Å². The predicted octanol–water partition coefficient (Wildman–Crippen LogP) is 1.78. The molecule has 0 atom stereocenters. The van der Waals surface area contributed by atoms with Crippen molar-refractivity contribution in [2.24, 2.45) is 5.84 Å². The minimum Gasteiger partial charge on any atom is -0.475 e. The summed E-state index contributed by atoms with van der Waals surface area (Å²) < 4.78 is 5.68. The normalized spacial score (nSPS) is 15.8. The fraction of sp³-hybridized carbons (Fsp3) is 0.467. The lowest BCUT2D eigenvalue weighted by Gasteiger charge is -2.25. The first kappa shape index (κ1) is 14.6. The highest BCUT2D eigenvalue weighted by molar-refractivity contribution is 5.77. The van der Waals surface area contributed by atoms with Crippen LogP contribution in [0.1, 0.15) is 19.3 Å². The monoisotopic (exact) mass is 302 g/mol. The molecule has 0 radical (unpaired) electrons. The summed E-state index contributed by atoms with van der Waals surface area (Å²) in [5.41, 5.74) is 1.64. The van der Waals surface area contributed by atoms with Crippen molar-refractivity contribution in [3.8, 4) is 5.88 Å². The van der Waals surface area contributed by atoms with Crippen molar-refractivity contribution in [3.05, 3.63) is 29.3 Å². The number of fused-ring (bicyclic) bond motifs is 1. The largest absolute Gasteiger partial charge is 0.475 e. The first-order valence-corrected chi connectivity index (χ1v) is 7.56. The van der Waals surface area contributed by atoms with Crippen LogP contribution in [0.4, 0.5) is 5.69 Å². The molecule has 1 aliphatic heterocycles. The molecule has 116 valence electrons. The molecule has 22 heavy (non-hydrogen) atoms. The van der Waals surface area contributed by atoms with E-state index >= 15 is 0 Å². The quantitative estimate of drug-likeness (QED) is 0.515. The van der Waals surface area contributed by atoms with Crippen molar-refractivity contribution >= 4 is 16.7 Å². The molecule has 2 heterocycles. The van der Waals surface area contributed by atoms with E-state index in [2.05, 4.69) is 14.9 Å². The molecule has 1 fully saturated rings. The summed E-state index contributed by atoms with van der Waals surface area (Å²) in [6, 6.07) is 4.93. The van der Waals surface area contributed by atoms with Gasteiger partial charge in [-0.25, -0.2) is 9.97 Å². The first-order chi connectivity index (χ1) is 10.7. The van der Waals surface area contributed by atoms with Crippen molar-refractivity contribution in [1.82, 2.24) is 14.9 Å². The third-order valence-electron chi connectivity index (χ3n) is 3.86. The maximum Gasteiger partial charge on any atom is 0.293 e. The van der Waals surface area contributed by atoms with Gasteiger partial charge in [0.2, 0.25) is 5.88 Å². The fourth-order valence-corrected chi connectivity index (χ4v) is 2.65. The van der Waals surface area contributed by atoms with E-state index in [4.69, 9.17) is 10.6 Å². The Kier molecular flexibility index (Phi) is 4.43. The Morgan fingerprint density at radius 3 is 2.82 bits per heavy atom. The van der Waals surface area contributed by atoms with Gasteiger partial charge in [0.1, 0.15) is 6.61 Å². The van der Waals surface area contributed by atoms with E-state index in [1.165, 1.54) is 19.3 Å². The van der Waals surface area contributed by atoms with Crippen LogP contribution >= 0.6 is 0 Å². The summed E-state index contributed by atoms with van der Waals surface area (Å²) in [6.07, 6.45) is 5.47. The van der Waals surface area contributed by atoms with Gasteiger partial charge >= 0.3 is 0 Å². The van der Waals surface area contributed by atoms with Gasteiger partial charge in [0.15, 0.2) is 4.87 Å². The van der Waals surface area contributed by atoms with Crippen molar-refractivity contribution in [2.45, 2.75) is 19.3 Å². The average Bonchev–Trinajstić information content (AvgIpc) is 2.55. The molecule has 0 unspecified atom stereocenters. The molecule has 1 saturated heterocycles. The summed E-state index contributed by atoms with van der Waals surface area (Å²) in [5, 5.41) is 0. The van der Waals surface area contributed by atoms with E-state index in [-0.39, 0.29) is 0 Å². The summed E-state index contributed by atoms with van der Waals surface area (Å²) in [5.74, 6) is 5.67. The summed E-state index contributed by atoms with van der Waals surface area (Å²) in [4.78, 5) is 22.5. The number of hydrazine groups is 1. The van der Waals surface area contributed by atoms with Crippen LogP contribution in [0, 0.1) is 4.91 Å². The number of hydrogen-bond acceptors (Lipinski definition) is 5. The number of likely N-dealkylation sites (tertiary alicyclic amines) is 1. The second-order valence-corrected chi connectivity index (χ2v) is 5.46. The van der Waals surface area contributed by atoms with Crippen molar-refractivity contribution in [1.29, 1.82) is 0 Å². The number of piperidine rings is 1. The van der Waals surface area contributed by atoms with Gasteiger partial charge in [-0.05, 0) is 32.0 Å².